The minimum atomic E-state index is -3.70. The van der Waals surface area contributed by atoms with Gasteiger partial charge in [0.05, 0.1) is 12.0 Å². The molecule has 0 saturated carbocycles. The van der Waals surface area contributed by atoms with Gasteiger partial charge in [-0.2, -0.15) is 0 Å². The number of hydrogen-bond donors (Lipinski definition) is 0. The van der Waals surface area contributed by atoms with E-state index in [0.717, 1.165) is 0 Å². The van der Waals surface area contributed by atoms with Gasteiger partial charge < -0.3 is 9.30 Å². The molecule has 0 saturated heterocycles. The number of allylic oxidation sites excluding steroid dienone is 2. The van der Waals surface area contributed by atoms with Gasteiger partial charge in [-0.15, -0.1) is 0 Å². The molecule has 0 spiro atoms. The highest BCUT2D eigenvalue weighted by Crippen LogP contribution is 2.27. The normalized spacial score (nSPS) is 14.6. The first-order chi connectivity index (χ1) is 12.2. The highest BCUT2D eigenvalue weighted by atomic mass is 32.2. The van der Waals surface area contributed by atoms with Crippen molar-refractivity contribution in [3.8, 4) is 5.75 Å². The topological polar surface area (TPSA) is 95.3 Å². The van der Waals surface area contributed by atoms with Crippen LogP contribution in [-0.2, 0) is 22.6 Å². The molecule has 7 nitrogen and oxygen atoms in total. The van der Waals surface area contributed by atoms with Crippen LogP contribution in [0.5, 0.6) is 5.75 Å². The molecule has 2 aromatic rings. The van der Waals surface area contributed by atoms with E-state index < -0.39 is 15.6 Å². The van der Waals surface area contributed by atoms with Crippen molar-refractivity contribution in [1.29, 1.82) is 0 Å². The Morgan fingerprint density at radius 1 is 1.04 bits per heavy atom. The van der Waals surface area contributed by atoms with E-state index in [1.807, 2.05) is 0 Å². The fraction of sp³-hybridized carbons (Fsp3) is 0.278. The maximum absolute atomic E-state index is 12.7. The van der Waals surface area contributed by atoms with Gasteiger partial charge in [-0.25, -0.2) is 13.4 Å². The summed E-state index contributed by atoms with van der Waals surface area (Å²) in [5, 5.41) is 0. The fourth-order valence-corrected chi connectivity index (χ4v) is 4.14. The molecular formula is C18H18N2O5S. The monoisotopic (exact) mass is 374 g/mol. The number of Topliss-reactive ketones (excluding diaryl/α,β-unsaturated/α-hetero) is 2. The van der Waals surface area contributed by atoms with Crippen LogP contribution in [0.4, 0.5) is 0 Å². The highest BCUT2D eigenvalue weighted by Gasteiger charge is 2.34. The number of fused-ring (bicyclic) bond motifs is 1. The maximum Gasteiger partial charge on any atom is 0.209 e. The number of nitrogens with zero attached hydrogens (tertiary/aromatic N) is 2. The minimum Gasteiger partial charge on any atom is -0.497 e. The van der Waals surface area contributed by atoms with Crippen LogP contribution in [0.3, 0.4) is 0 Å². The van der Waals surface area contributed by atoms with Crippen molar-refractivity contribution in [3.05, 3.63) is 52.6 Å². The molecule has 0 amide bonds. The molecule has 0 atom stereocenters. The summed E-state index contributed by atoms with van der Waals surface area (Å²) in [6.07, 6.45) is 0. The average molecular weight is 374 g/mol. The second-order valence-electron chi connectivity index (χ2n) is 6.13. The summed E-state index contributed by atoms with van der Waals surface area (Å²) >= 11 is 0. The van der Waals surface area contributed by atoms with Crippen LogP contribution < -0.4 is 4.74 Å². The van der Waals surface area contributed by atoms with Crippen LogP contribution >= 0.6 is 0 Å². The van der Waals surface area contributed by atoms with E-state index in [1.165, 1.54) is 23.8 Å². The lowest BCUT2D eigenvalue weighted by molar-refractivity contribution is 0.0967. The van der Waals surface area contributed by atoms with Crippen molar-refractivity contribution in [1.82, 2.24) is 9.55 Å². The third-order valence-electron chi connectivity index (χ3n) is 4.60. The molecule has 1 aromatic heterocycles. The SMILES string of the molecule is COc1ccc(S(=O)(=O)Cc2nc3c(n2C)C(=O)C(C)=C(C)C3=O)cc1. The van der Waals surface area contributed by atoms with Crippen molar-refractivity contribution in [2.75, 3.05) is 7.11 Å². The number of carbonyl (C=O) groups excluding carboxylic acids is 2. The number of hydrogen-bond acceptors (Lipinski definition) is 6. The molecular weight excluding hydrogens is 356 g/mol. The Hall–Kier alpha value is -2.74. The number of rotatable bonds is 4. The third kappa shape index (κ3) is 2.76. The Morgan fingerprint density at radius 2 is 1.62 bits per heavy atom. The molecule has 1 aromatic carbocycles. The lowest BCUT2D eigenvalue weighted by Gasteiger charge is -2.13. The quantitative estimate of drug-likeness (QED) is 0.813. The van der Waals surface area contributed by atoms with Gasteiger partial charge in [0.15, 0.2) is 9.84 Å². The fourth-order valence-electron chi connectivity index (χ4n) is 2.82. The average Bonchev–Trinajstić information content (AvgIpc) is 2.94. The summed E-state index contributed by atoms with van der Waals surface area (Å²) in [7, 11) is -0.658. The summed E-state index contributed by atoms with van der Waals surface area (Å²) in [5.41, 5.74) is 0.846. The third-order valence-corrected chi connectivity index (χ3v) is 6.23. The molecule has 0 fully saturated rings. The van der Waals surface area contributed by atoms with Gasteiger partial charge in [0.1, 0.15) is 28.7 Å². The van der Waals surface area contributed by atoms with E-state index in [2.05, 4.69) is 4.98 Å². The van der Waals surface area contributed by atoms with Gasteiger partial charge in [-0.1, -0.05) is 0 Å². The summed E-state index contributed by atoms with van der Waals surface area (Å²) in [5.74, 6) is -0.373. The second kappa shape index (κ2) is 6.21. The number of ketones is 2. The van der Waals surface area contributed by atoms with Crippen molar-refractivity contribution in [3.63, 3.8) is 0 Å². The molecule has 26 heavy (non-hydrogen) atoms. The van der Waals surface area contributed by atoms with Gasteiger partial charge >= 0.3 is 0 Å². The van der Waals surface area contributed by atoms with E-state index in [9.17, 15) is 18.0 Å². The Morgan fingerprint density at radius 3 is 2.19 bits per heavy atom. The Labute approximate surface area is 151 Å². The predicted molar refractivity (Wildman–Crippen MR) is 94.1 cm³/mol. The molecule has 1 aliphatic carbocycles. The Bertz CT molecular complexity index is 1060. The minimum absolute atomic E-state index is 0.0144. The molecule has 0 N–H and O–H groups in total. The first-order valence-electron chi connectivity index (χ1n) is 7.86. The van der Waals surface area contributed by atoms with Crippen molar-refractivity contribution >= 4 is 21.4 Å². The lowest BCUT2D eigenvalue weighted by Crippen LogP contribution is -2.21. The van der Waals surface area contributed by atoms with Crippen LogP contribution in [0, 0.1) is 0 Å². The molecule has 1 heterocycles. The molecule has 0 aliphatic heterocycles. The standard InChI is InChI=1S/C18H18N2O5S/c1-10-11(2)18(22)16-15(17(10)21)19-14(20(16)3)9-26(23,24)13-7-5-12(25-4)6-8-13/h5-8H,9H2,1-4H3. The largest absolute Gasteiger partial charge is 0.497 e. The van der Waals surface area contributed by atoms with Crippen LogP contribution in [0.25, 0.3) is 0 Å². The zero-order valence-electron chi connectivity index (χ0n) is 14.9. The van der Waals surface area contributed by atoms with Crippen molar-refractivity contribution < 1.29 is 22.7 Å². The predicted octanol–water partition coefficient (Wildman–Crippen LogP) is 2.12. The molecule has 1 aliphatic rings. The summed E-state index contributed by atoms with van der Waals surface area (Å²) < 4.78 is 31.8. The Balaban J connectivity index is 2.01. The number of aromatic nitrogens is 2. The van der Waals surface area contributed by atoms with E-state index in [1.54, 1.807) is 33.0 Å². The van der Waals surface area contributed by atoms with Gasteiger partial charge in [0.2, 0.25) is 11.6 Å². The molecule has 0 bridgehead atoms. The highest BCUT2D eigenvalue weighted by molar-refractivity contribution is 7.90. The number of benzene rings is 1. The zero-order chi connectivity index (χ0) is 19.2. The molecule has 0 unspecified atom stereocenters. The first kappa shape index (κ1) is 18.1. The summed E-state index contributed by atoms with van der Waals surface area (Å²) in [4.78, 5) is 29.2. The summed E-state index contributed by atoms with van der Waals surface area (Å²) in [6, 6.07) is 6.01. The first-order valence-corrected chi connectivity index (χ1v) is 9.52. The maximum atomic E-state index is 12.7. The second-order valence-corrected chi connectivity index (χ2v) is 8.12. The van der Waals surface area contributed by atoms with Gasteiger partial charge in [0, 0.05) is 18.2 Å². The zero-order valence-corrected chi connectivity index (χ0v) is 15.7. The van der Waals surface area contributed by atoms with Crippen LogP contribution in [0.15, 0.2) is 40.3 Å². The van der Waals surface area contributed by atoms with E-state index in [4.69, 9.17) is 4.74 Å². The van der Waals surface area contributed by atoms with Crippen LogP contribution in [0.1, 0.15) is 40.6 Å². The number of ether oxygens (including phenoxy) is 1. The van der Waals surface area contributed by atoms with E-state index >= 15 is 0 Å². The number of carbonyl (C=O) groups is 2. The van der Waals surface area contributed by atoms with Gasteiger partial charge in [-0.05, 0) is 38.1 Å². The van der Waals surface area contributed by atoms with Gasteiger partial charge in [-0.3, -0.25) is 9.59 Å². The number of methoxy groups -OCH3 is 1. The van der Waals surface area contributed by atoms with Gasteiger partial charge in [0.25, 0.3) is 0 Å². The van der Waals surface area contributed by atoms with E-state index in [-0.39, 0.29) is 33.7 Å². The van der Waals surface area contributed by atoms with Crippen molar-refractivity contribution in [2.24, 2.45) is 7.05 Å². The Kier molecular flexibility index (Phi) is 4.31. The lowest BCUT2D eigenvalue weighted by atomic mass is 9.92. The molecule has 136 valence electrons. The molecule has 0 radical (unpaired) electrons. The number of sulfone groups is 1. The molecule has 3 rings (SSSR count). The van der Waals surface area contributed by atoms with Crippen LogP contribution in [-0.4, -0.2) is 36.6 Å². The molecule has 8 heteroatoms. The van der Waals surface area contributed by atoms with Crippen LogP contribution in [0.2, 0.25) is 0 Å². The number of imidazole rings is 1. The summed E-state index contributed by atoms with van der Waals surface area (Å²) in [6.45, 7) is 3.15. The van der Waals surface area contributed by atoms with Crippen molar-refractivity contribution in [2.45, 2.75) is 24.5 Å². The van der Waals surface area contributed by atoms with E-state index in [0.29, 0.717) is 16.9 Å². The smallest absolute Gasteiger partial charge is 0.209 e.